The molecular weight excluding hydrogens is 230 g/mol. The molecule has 0 fully saturated rings. The summed E-state index contributed by atoms with van der Waals surface area (Å²) in [5.74, 6) is -0.799. The molecule has 0 radical (unpaired) electrons. The first-order valence-electron chi connectivity index (χ1n) is 5.09. The molecule has 4 nitrogen and oxygen atoms in total. The molecule has 17 heavy (non-hydrogen) atoms. The molecule has 0 heterocycles. The Morgan fingerprint density at radius 1 is 1.47 bits per heavy atom. The summed E-state index contributed by atoms with van der Waals surface area (Å²) < 4.78 is 28.5. The summed E-state index contributed by atoms with van der Waals surface area (Å²) >= 11 is 0. The van der Waals surface area contributed by atoms with E-state index in [1.54, 1.807) is 19.1 Å². The first-order valence-corrected chi connectivity index (χ1v) is 5.09. The summed E-state index contributed by atoms with van der Waals surface area (Å²) in [4.78, 5) is 11.5. The van der Waals surface area contributed by atoms with E-state index >= 15 is 0 Å². The zero-order chi connectivity index (χ0) is 12.8. The average molecular weight is 244 g/mol. The maximum atomic E-state index is 12.1. The molecule has 0 aliphatic heterocycles. The standard InChI is InChI=1S/C11H14F2N2O2/c1-7(6-14)10(16)15-8-4-2-3-5-9(8)17-11(12)13/h2-5,7,11H,6,14H2,1H3,(H,15,16). The molecule has 94 valence electrons. The highest BCUT2D eigenvalue weighted by molar-refractivity contribution is 5.93. The van der Waals surface area contributed by atoms with E-state index in [2.05, 4.69) is 10.1 Å². The van der Waals surface area contributed by atoms with Gasteiger partial charge in [-0.2, -0.15) is 8.78 Å². The second-order valence-corrected chi connectivity index (χ2v) is 3.50. The van der Waals surface area contributed by atoms with E-state index in [-0.39, 0.29) is 23.9 Å². The van der Waals surface area contributed by atoms with Gasteiger partial charge in [-0.05, 0) is 12.1 Å². The minimum absolute atomic E-state index is 0.0694. The molecule has 6 heteroatoms. The van der Waals surface area contributed by atoms with E-state index in [4.69, 9.17) is 5.73 Å². The number of para-hydroxylation sites is 2. The number of anilines is 1. The van der Waals surface area contributed by atoms with Crippen LogP contribution in [0.2, 0.25) is 0 Å². The van der Waals surface area contributed by atoms with E-state index in [1.807, 2.05) is 0 Å². The van der Waals surface area contributed by atoms with E-state index < -0.39 is 12.5 Å². The predicted molar refractivity (Wildman–Crippen MR) is 59.9 cm³/mol. The van der Waals surface area contributed by atoms with Crippen molar-refractivity contribution in [2.45, 2.75) is 13.5 Å². The summed E-state index contributed by atoms with van der Waals surface area (Å²) in [6, 6.07) is 5.99. The Morgan fingerprint density at radius 2 is 2.12 bits per heavy atom. The monoisotopic (exact) mass is 244 g/mol. The lowest BCUT2D eigenvalue weighted by molar-refractivity contribution is -0.119. The predicted octanol–water partition coefficient (Wildman–Crippen LogP) is 1.82. The van der Waals surface area contributed by atoms with Gasteiger partial charge in [0.15, 0.2) is 0 Å². The third-order valence-corrected chi connectivity index (χ3v) is 2.16. The van der Waals surface area contributed by atoms with Gasteiger partial charge < -0.3 is 15.8 Å². The molecule has 1 rings (SSSR count). The molecule has 0 aliphatic carbocycles. The summed E-state index contributed by atoms with van der Waals surface area (Å²) in [6.07, 6.45) is 0. The fraction of sp³-hybridized carbons (Fsp3) is 0.364. The van der Waals surface area contributed by atoms with Crippen molar-refractivity contribution in [1.29, 1.82) is 0 Å². The van der Waals surface area contributed by atoms with Gasteiger partial charge in [0.2, 0.25) is 5.91 Å². The number of nitrogens with two attached hydrogens (primary N) is 1. The first kappa shape index (κ1) is 13.4. The van der Waals surface area contributed by atoms with Crippen LogP contribution in [-0.2, 0) is 4.79 Å². The Bertz CT molecular complexity index is 385. The summed E-state index contributed by atoms with van der Waals surface area (Å²) in [5, 5.41) is 2.49. The van der Waals surface area contributed by atoms with Crippen LogP contribution >= 0.6 is 0 Å². The van der Waals surface area contributed by atoms with Gasteiger partial charge in [-0.15, -0.1) is 0 Å². The minimum atomic E-state index is -2.93. The van der Waals surface area contributed by atoms with Crippen LogP contribution < -0.4 is 15.8 Å². The highest BCUT2D eigenvalue weighted by atomic mass is 19.3. The molecule has 1 aromatic rings. The van der Waals surface area contributed by atoms with Gasteiger partial charge in [-0.1, -0.05) is 19.1 Å². The molecule has 0 saturated carbocycles. The largest absolute Gasteiger partial charge is 0.433 e. The van der Waals surface area contributed by atoms with Crippen molar-refractivity contribution in [3.8, 4) is 5.75 Å². The van der Waals surface area contributed by atoms with Crippen LogP contribution in [0.5, 0.6) is 5.75 Å². The van der Waals surface area contributed by atoms with Gasteiger partial charge in [0.1, 0.15) is 5.75 Å². The summed E-state index contributed by atoms with van der Waals surface area (Å²) in [6.45, 7) is -1.10. The number of hydrogen-bond acceptors (Lipinski definition) is 3. The van der Waals surface area contributed by atoms with Crippen molar-refractivity contribution < 1.29 is 18.3 Å². The van der Waals surface area contributed by atoms with Crippen molar-refractivity contribution in [1.82, 2.24) is 0 Å². The molecular formula is C11H14F2N2O2. The number of hydrogen-bond donors (Lipinski definition) is 2. The van der Waals surface area contributed by atoms with E-state index in [9.17, 15) is 13.6 Å². The van der Waals surface area contributed by atoms with Crippen LogP contribution in [0.3, 0.4) is 0 Å². The van der Waals surface area contributed by atoms with Crippen LogP contribution in [0.4, 0.5) is 14.5 Å². The number of alkyl halides is 2. The molecule has 1 aromatic carbocycles. The molecule has 0 bridgehead atoms. The molecule has 0 saturated heterocycles. The molecule has 3 N–H and O–H groups in total. The number of nitrogens with one attached hydrogen (secondary N) is 1. The van der Waals surface area contributed by atoms with Crippen molar-refractivity contribution in [3.63, 3.8) is 0 Å². The lowest BCUT2D eigenvalue weighted by Gasteiger charge is -2.13. The zero-order valence-corrected chi connectivity index (χ0v) is 9.32. The number of ether oxygens (including phenoxy) is 1. The van der Waals surface area contributed by atoms with Crippen molar-refractivity contribution in [3.05, 3.63) is 24.3 Å². The normalized spacial score (nSPS) is 12.3. The Hall–Kier alpha value is -1.69. The number of benzene rings is 1. The highest BCUT2D eigenvalue weighted by Crippen LogP contribution is 2.25. The van der Waals surface area contributed by atoms with Crippen LogP contribution in [-0.4, -0.2) is 19.1 Å². The smallest absolute Gasteiger partial charge is 0.387 e. The number of rotatable bonds is 5. The molecule has 1 amide bonds. The summed E-state index contributed by atoms with van der Waals surface area (Å²) in [5.41, 5.74) is 5.54. The third kappa shape index (κ3) is 3.99. The Labute approximate surface area is 97.8 Å². The molecule has 1 unspecified atom stereocenters. The van der Waals surface area contributed by atoms with Gasteiger partial charge >= 0.3 is 6.61 Å². The van der Waals surface area contributed by atoms with Crippen molar-refractivity contribution in [2.24, 2.45) is 11.7 Å². The lowest BCUT2D eigenvalue weighted by Crippen LogP contribution is -2.27. The highest BCUT2D eigenvalue weighted by Gasteiger charge is 2.14. The van der Waals surface area contributed by atoms with E-state index in [0.717, 1.165) is 0 Å². The van der Waals surface area contributed by atoms with Crippen LogP contribution in [0.1, 0.15) is 6.92 Å². The van der Waals surface area contributed by atoms with Crippen molar-refractivity contribution >= 4 is 11.6 Å². The first-order chi connectivity index (χ1) is 8.04. The Balaban J connectivity index is 2.79. The quantitative estimate of drug-likeness (QED) is 0.830. The van der Waals surface area contributed by atoms with E-state index in [0.29, 0.717) is 0 Å². The Kier molecular flexibility index (Phi) is 4.84. The molecule has 1 atom stereocenters. The van der Waals surface area contributed by atoms with Crippen LogP contribution in [0.15, 0.2) is 24.3 Å². The average Bonchev–Trinajstić information content (AvgIpc) is 2.29. The molecule has 0 spiro atoms. The van der Waals surface area contributed by atoms with Gasteiger partial charge in [0, 0.05) is 12.5 Å². The minimum Gasteiger partial charge on any atom is -0.433 e. The molecule has 0 aliphatic rings. The fourth-order valence-corrected chi connectivity index (χ4v) is 1.13. The lowest BCUT2D eigenvalue weighted by atomic mass is 10.1. The topological polar surface area (TPSA) is 64.4 Å². The zero-order valence-electron chi connectivity index (χ0n) is 9.32. The van der Waals surface area contributed by atoms with Gasteiger partial charge in [-0.25, -0.2) is 0 Å². The number of amides is 1. The maximum absolute atomic E-state index is 12.1. The molecule has 0 aromatic heterocycles. The third-order valence-electron chi connectivity index (χ3n) is 2.16. The van der Waals surface area contributed by atoms with Crippen molar-refractivity contribution in [2.75, 3.05) is 11.9 Å². The second-order valence-electron chi connectivity index (χ2n) is 3.50. The van der Waals surface area contributed by atoms with Gasteiger partial charge in [0.05, 0.1) is 5.69 Å². The SMILES string of the molecule is CC(CN)C(=O)Nc1ccccc1OC(F)F. The second kappa shape index (κ2) is 6.15. The summed E-state index contributed by atoms with van der Waals surface area (Å²) in [7, 11) is 0. The van der Waals surface area contributed by atoms with Gasteiger partial charge in [-0.3, -0.25) is 4.79 Å². The fourth-order valence-electron chi connectivity index (χ4n) is 1.13. The van der Waals surface area contributed by atoms with Crippen LogP contribution in [0.25, 0.3) is 0 Å². The number of carbonyl (C=O) groups excluding carboxylic acids is 1. The number of carbonyl (C=O) groups is 1. The van der Waals surface area contributed by atoms with Gasteiger partial charge in [0.25, 0.3) is 0 Å². The maximum Gasteiger partial charge on any atom is 0.387 e. The number of halogens is 2. The van der Waals surface area contributed by atoms with Crippen LogP contribution in [0, 0.1) is 5.92 Å². The van der Waals surface area contributed by atoms with E-state index in [1.165, 1.54) is 12.1 Å². The Morgan fingerprint density at radius 3 is 2.71 bits per heavy atom.